The molecule has 0 aliphatic rings. The Morgan fingerprint density at radius 1 is 0.946 bits per heavy atom. The second-order valence-corrected chi connectivity index (χ2v) is 10.1. The molecule has 0 unspecified atom stereocenters. The number of carboxylic acid groups (broad SMARTS) is 1. The Hall–Kier alpha value is -4.65. The number of aromatic carboxylic acids is 1. The van der Waals surface area contributed by atoms with Crippen LogP contribution in [0.2, 0.25) is 0 Å². The highest BCUT2D eigenvalue weighted by atomic mass is 16.4. The molecule has 7 heteroatoms. The van der Waals surface area contributed by atoms with E-state index in [2.05, 4.69) is 31.2 Å². The summed E-state index contributed by atoms with van der Waals surface area (Å²) in [6.45, 7) is 8.32. The number of aryl methyl sites for hydroxylation is 1. The SMILES string of the molecule is Cc1ccc(-n2cc(-c3ccc4oc(C(=O)O)c(NC(=O)c5ccc(C(C)(C)C)cc5)c4c3)cn2)cc1. The van der Waals surface area contributed by atoms with Crippen LogP contribution in [0, 0.1) is 6.92 Å². The Bertz CT molecular complexity index is 1620. The van der Waals surface area contributed by atoms with Gasteiger partial charge in [0.25, 0.3) is 5.91 Å². The van der Waals surface area contributed by atoms with Gasteiger partial charge in [0.2, 0.25) is 5.76 Å². The molecule has 0 aliphatic heterocycles. The number of carboxylic acids is 1. The number of fused-ring (bicyclic) bond motifs is 1. The number of furan rings is 1. The lowest BCUT2D eigenvalue weighted by Gasteiger charge is -2.19. The Morgan fingerprint density at radius 3 is 2.30 bits per heavy atom. The lowest BCUT2D eigenvalue weighted by Crippen LogP contribution is -2.15. The van der Waals surface area contributed by atoms with Gasteiger partial charge in [0.1, 0.15) is 11.3 Å². The molecule has 0 radical (unpaired) electrons. The zero-order valence-electron chi connectivity index (χ0n) is 21.1. The number of hydrogen-bond donors (Lipinski definition) is 2. The fraction of sp³-hybridized carbons (Fsp3) is 0.167. The Morgan fingerprint density at radius 2 is 1.65 bits per heavy atom. The van der Waals surface area contributed by atoms with Crippen LogP contribution in [0.1, 0.15) is 52.8 Å². The summed E-state index contributed by atoms with van der Waals surface area (Å²) < 4.78 is 7.38. The van der Waals surface area contributed by atoms with Gasteiger partial charge >= 0.3 is 5.97 Å². The first-order chi connectivity index (χ1) is 17.6. The van der Waals surface area contributed by atoms with E-state index in [0.29, 0.717) is 16.5 Å². The normalized spacial score (nSPS) is 11.6. The van der Waals surface area contributed by atoms with Crippen molar-refractivity contribution in [1.82, 2.24) is 9.78 Å². The first-order valence-electron chi connectivity index (χ1n) is 11.9. The number of aromatic nitrogens is 2. The van der Waals surface area contributed by atoms with Crippen LogP contribution in [0.5, 0.6) is 0 Å². The quantitative estimate of drug-likeness (QED) is 0.279. The van der Waals surface area contributed by atoms with Crippen molar-refractivity contribution in [2.45, 2.75) is 33.1 Å². The molecule has 186 valence electrons. The van der Waals surface area contributed by atoms with E-state index in [1.807, 2.05) is 55.6 Å². The molecule has 0 saturated carbocycles. The fourth-order valence-corrected chi connectivity index (χ4v) is 4.17. The van der Waals surface area contributed by atoms with Gasteiger partial charge in [0.05, 0.1) is 11.9 Å². The zero-order valence-corrected chi connectivity index (χ0v) is 21.1. The molecule has 2 aromatic heterocycles. The number of amides is 1. The van der Waals surface area contributed by atoms with Gasteiger partial charge < -0.3 is 14.8 Å². The summed E-state index contributed by atoms with van der Waals surface area (Å²) in [5, 5.41) is 17.5. The number of hydrogen-bond acceptors (Lipinski definition) is 4. The first kappa shape index (κ1) is 24.1. The number of anilines is 1. The van der Waals surface area contributed by atoms with Gasteiger partial charge in [-0.15, -0.1) is 0 Å². The third kappa shape index (κ3) is 4.76. The van der Waals surface area contributed by atoms with Crippen molar-refractivity contribution < 1.29 is 19.1 Å². The summed E-state index contributed by atoms with van der Waals surface area (Å²) in [6, 6.07) is 20.7. The van der Waals surface area contributed by atoms with Crippen LogP contribution in [-0.4, -0.2) is 26.8 Å². The molecule has 0 bridgehead atoms. The third-order valence-corrected chi connectivity index (χ3v) is 6.35. The van der Waals surface area contributed by atoms with Crippen LogP contribution < -0.4 is 5.32 Å². The molecule has 5 aromatic rings. The third-order valence-electron chi connectivity index (χ3n) is 6.35. The number of carbonyl (C=O) groups is 2. The summed E-state index contributed by atoms with van der Waals surface area (Å²) in [5.74, 6) is -1.99. The second kappa shape index (κ2) is 9.09. The Kier molecular flexibility index (Phi) is 5.91. The van der Waals surface area contributed by atoms with Gasteiger partial charge in [-0.2, -0.15) is 5.10 Å². The summed E-state index contributed by atoms with van der Waals surface area (Å²) in [6.07, 6.45) is 3.65. The van der Waals surface area contributed by atoms with Crippen molar-refractivity contribution in [2.75, 3.05) is 5.32 Å². The van der Waals surface area contributed by atoms with Crippen molar-refractivity contribution in [3.8, 4) is 16.8 Å². The zero-order chi connectivity index (χ0) is 26.3. The number of benzene rings is 3. The van der Waals surface area contributed by atoms with E-state index >= 15 is 0 Å². The number of nitrogens with zero attached hydrogens (tertiary/aromatic N) is 2. The van der Waals surface area contributed by atoms with Gasteiger partial charge in [-0.25, -0.2) is 9.48 Å². The van der Waals surface area contributed by atoms with Crippen LogP contribution in [0.3, 0.4) is 0 Å². The minimum Gasteiger partial charge on any atom is -0.475 e. The number of rotatable bonds is 5. The van der Waals surface area contributed by atoms with Gasteiger partial charge in [-0.1, -0.05) is 56.7 Å². The average Bonchev–Trinajstić information content (AvgIpc) is 3.49. The minimum atomic E-state index is -1.26. The Labute approximate surface area is 214 Å². The van der Waals surface area contributed by atoms with Crippen molar-refractivity contribution >= 4 is 28.5 Å². The molecule has 37 heavy (non-hydrogen) atoms. The van der Waals surface area contributed by atoms with Gasteiger partial charge in [-0.3, -0.25) is 4.79 Å². The maximum absolute atomic E-state index is 13.1. The van der Waals surface area contributed by atoms with Crippen LogP contribution >= 0.6 is 0 Å². The molecular formula is C30H27N3O4. The largest absolute Gasteiger partial charge is 0.475 e. The molecule has 0 fully saturated rings. The molecular weight excluding hydrogens is 466 g/mol. The molecule has 3 aromatic carbocycles. The second-order valence-electron chi connectivity index (χ2n) is 10.1. The fourth-order valence-electron chi connectivity index (χ4n) is 4.17. The predicted octanol–water partition coefficient (Wildman–Crippen LogP) is 6.84. The maximum Gasteiger partial charge on any atom is 0.374 e. The highest BCUT2D eigenvalue weighted by Gasteiger charge is 2.23. The van der Waals surface area contributed by atoms with E-state index in [1.165, 1.54) is 0 Å². The first-order valence-corrected chi connectivity index (χ1v) is 11.9. The van der Waals surface area contributed by atoms with Crippen molar-refractivity contribution in [2.24, 2.45) is 0 Å². The van der Waals surface area contributed by atoms with Crippen LogP contribution in [0.15, 0.2) is 83.5 Å². The van der Waals surface area contributed by atoms with Crippen molar-refractivity contribution in [3.63, 3.8) is 0 Å². The molecule has 0 spiro atoms. The van der Waals surface area contributed by atoms with Gasteiger partial charge in [-0.05, 0) is 59.9 Å². The summed E-state index contributed by atoms with van der Waals surface area (Å²) >= 11 is 0. The standard InChI is InChI=1S/C30H27N3O4/c1-18-5-12-23(13-6-18)33-17-21(16-31-33)20-9-14-25-24(15-20)26(27(37-25)29(35)36)32-28(34)19-7-10-22(11-8-19)30(2,3)4/h5-17H,1-4H3,(H,32,34)(H,35,36). The lowest BCUT2D eigenvalue weighted by molar-refractivity contribution is 0.0666. The van der Waals surface area contributed by atoms with Crippen molar-refractivity contribution in [1.29, 1.82) is 0 Å². The van der Waals surface area contributed by atoms with Crippen LogP contribution in [0.4, 0.5) is 5.69 Å². The van der Waals surface area contributed by atoms with E-state index in [4.69, 9.17) is 4.42 Å². The maximum atomic E-state index is 13.1. The molecule has 0 atom stereocenters. The highest BCUT2D eigenvalue weighted by Crippen LogP contribution is 2.35. The minimum absolute atomic E-state index is 0.0457. The van der Waals surface area contributed by atoms with Gasteiger partial charge in [0.15, 0.2) is 0 Å². The predicted molar refractivity (Wildman–Crippen MR) is 144 cm³/mol. The lowest BCUT2D eigenvalue weighted by atomic mass is 9.87. The van der Waals surface area contributed by atoms with E-state index in [0.717, 1.165) is 27.9 Å². The summed E-state index contributed by atoms with van der Waals surface area (Å²) in [5.41, 5.74) is 5.72. The molecule has 2 heterocycles. The highest BCUT2D eigenvalue weighted by molar-refractivity contribution is 6.13. The smallest absolute Gasteiger partial charge is 0.374 e. The van der Waals surface area contributed by atoms with Crippen LogP contribution in [0.25, 0.3) is 27.8 Å². The molecule has 2 N–H and O–H groups in total. The number of carbonyl (C=O) groups excluding carboxylic acids is 1. The van der Waals surface area contributed by atoms with E-state index in [1.54, 1.807) is 35.1 Å². The Balaban J connectivity index is 1.50. The monoisotopic (exact) mass is 493 g/mol. The molecule has 7 nitrogen and oxygen atoms in total. The molecule has 5 rings (SSSR count). The average molecular weight is 494 g/mol. The van der Waals surface area contributed by atoms with Gasteiger partial charge in [0, 0.05) is 22.7 Å². The van der Waals surface area contributed by atoms with E-state index < -0.39 is 11.9 Å². The molecule has 0 saturated heterocycles. The summed E-state index contributed by atoms with van der Waals surface area (Å²) in [4.78, 5) is 25.0. The van der Waals surface area contributed by atoms with E-state index in [-0.39, 0.29) is 16.9 Å². The van der Waals surface area contributed by atoms with Crippen LogP contribution in [-0.2, 0) is 5.41 Å². The van der Waals surface area contributed by atoms with E-state index in [9.17, 15) is 14.7 Å². The number of nitrogens with one attached hydrogen (secondary N) is 1. The molecule has 0 aliphatic carbocycles. The molecule has 1 amide bonds. The topological polar surface area (TPSA) is 97.4 Å². The van der Waals surface area contributed by atoms with Crippen molar-refractivity contribution in [3.05, 3.63) is 102 Å². The summed E-state index contributed by atoms with van der Waals surface area (Å²) in [7, 11) is 0.